The minimum Gasteiger partial charge on any atom is -0.385 e. The van der Waals surface area contributed by atoms with Gasteiger partial charge in [-0.1, -0.05) is 18.2 Å². The third-order valence-electron chi connectivity index (χ3n) is 5.51. The highest BCUT2D eigenvalue weighted by atomic mass is 16.5. The molecule has 0 unspecified atom stereocenters. The molecule has 0 bridgehead atoms. The van der Waals surface area contributed by atoms with E-state index in [1.807, 2.05) is 24.3 Å². The lowest BCUT2D eigenvalue weighted by atomic mass is 9.83. The Morgan fingerprint density at radius 3 is 2.96 bits per heavy atom. The van der Waals surface area contributed by atoms with E-state index in [1.54, 1.807) is 7.11 Å². The van der Waals surface area contributed by atoms with Crippen LogP contribution in [0.5, 0.6) is 0 Å². The second kappa shape index (κ2) is 8.46. The lowest BCUT2D eigenvalue weighted by Crippen LogP contribution is -2.56. The summed E-state index contributed by atoms with van der Waals surface area (Å²) < 4.78 is 5.14. The Balaban J connectivity index is 1.62. The molecule has 2 aliphatic heterocycles. The van der Waals surface area contributed by atoms with Gasteiger partial charge in [-0.05, 0) is 36.8 Å². The third kappa shape index (κ3) is 4.20. The standard InChI is InChI=1S/C20H27N3O2/c1-25-12-4-10-23-19-9-11-22(15-18(19)7-8-20(23)24)14-17-6-3-2-5-16(17)13-21/h2-3,5-6,18-19H,4,7-12,14-15H2,1H3/t18-,19+/m0/s1. The molecule has 2 fully saturated rings. The molecule has 3 rings (SSSR count). The van der Waals surface area contributed by atoms with Crippen LogP contribution in [0.25, 0.3) is 0 Å². The zero-order chi connectivity index (χ0) is 17.6. The van der Waals surface area contributed by atoms with E-state index in [0.717, 1.165) is 56.6 Å². The first-order chi connectivity index (χ1) is 12.2. The molecular formula is C20H27N3O2. The molecule has 0 aromatic heterocycles. The van der Waals surface area contributed by atoms with Crippen molar-refractivity contribution in [3.8, 4) is 6.07 Å². The molecule has 1 amide bonds. The summed E-state index contributed by atoms with van der Waals surface area (Å²) in [6.45, 7) is 4.33. The average Bonchev–Trinajstić information content (AvgIpc) is 2.64. The van der Waals surface area contributed by atoms with Crippen LogP contribution in [-0.2, 0) is 16.1 Å². The van der Waals surface area contributed by atoms with Crippen molar-refractivity contribution in [3.63, 3.8) is 0 Å². The Morgan fingerprint density at radius 2 is 2.16 bits per heavy atom. The maximum atomic E-state index is 12.3. The highest BCUT2D eigenvalue weighted by molar-refractivity contribution is 5.77. The molecule has 2 saturated heterocycles. The Labute approximate surface area is 150 Å². The molecule has 1 aromatic rings. The van der Waals surface area contributed by atoms with Crippen molar-refractivity contribution in [1.82, 2.24) is 9.80 Å². The number of carbonyl (C=O) groups excluding carboxylic acids is 1. The number of methoxy groups -OCH3 is 1. The molecule has 5 heteroatoms. The molecule has 134 valence electrons. The number of ether oxygens (including phenoxy) is 1. The molecule has 0 N–H and O–H groups in total. The number of nitriles is 1. The fraction of sp³-hybridized carbons (Fsp3) is 0.600. The SMILES string of the molecule is COCCCN1C(=O)CC[C@H]2CN(Cc3ccccc3C#N)CC[C@H]21. The molecular weight excluding hydrogens is 314 g/mol. The zero-order valence-electron chi connectivity index (χ0n) is 15.0. The van der Waals surface area contributed by atoms with Gasteiger partial charge < -0.3 is 9.64 Å². The molecule has 5 nitrogen and oxygen atoms in total. The Hall–Kier alpha value is -1.90. The summed E-state index contributed by atoms with van der Waals surface area (Å²) >= 11 is 0. The maximum Gasteiger partial charge on any atom is 0.222 e. The van der Waals surface area contributed by atoms with Crippen LogP contribution in [0.1, 0.15) is 36.8 Å². The molecule has 2 aliphatic rings. The highest BCUT2D eigenvalue weighted by Crippen LogP contribution is 2.32. The van der Waals surface area contributed by atoms with Crippen LogP contribution in [0.15, 0.2) is 24.3 Å². The first kappa shape index (κ1) is 17.9. The summed E-state index contributed by atoms with van der Waals surface area (Å²) in [6, 6.07) is 10.5. The van der Waals surface area contributed by atoms with Crippen LogP contribution in [0, 0.1) is 17.2 Å². The second-order valence-electron chi connectivity index (χ2n) is 7.09. The molecule has 0 aliphatic carbocycles. The molecule has 0 spiro atoms. The van der Waals surface area contributed by atoms with Crippen molar-refractivity contribution in [3.05, 3.63) is 35.4 Å². The van der Waals surface area contributed by atoms with Crippen LogP contribution in [0.4, 0.5) is 0 Å². The number of likely N-dealkylation sites (tertiary alicyclic amines) is 2. The fourth-order valence-electron chi connectivity index (χ4n) is 4.25. The number of amides is 1. The first-order valence-electron chi connectivity index (χ1n) is 9.21. The molecule has 2 heterocycles. The van der Waals surface area contributed by atoms with E-state index in [-0.39, 0.29) is 0 Å². The fourth-order valence-corrected chi connectivity index (χ4v) is 4.25. The number of piperidine rings is 2. The van der Waals surface area contributed by atoms with E-state index in [0.29, 0.717) is 30.9 Å². The Bertz CT molecular complexity index is 640. The number of nitrogens with zero attached hydrogens (tertiary/aromatic N) is 3. The van der Waals surface area contributed by atoms with E-state index in [9.17, 15) is 10.1 Å². The van der Waals surface area contributed by atoms with Crippen molar-refractivity contribution < 1.29 is 9.53 Å². The maximum absolute atomic E-state index is 12.3. The predicted molar refractivity (Wildman–Crippen MR) is 95.8 cm³/mol. The number of hydrogen-bond acceptors (Lipinski definition) is 4. The number of fused-ring (bicyclic) bond motifs is 1. The quantitative estimate of drug-likeness (QED) is 0.746. The smallest absolute Gasteiger partial charge is 0.222 e. The lowest BCUT2D eigenvalue weighted by Gasteiger charge is -2.47. The van der Waals surface area contributed by atoms with E-state index >= 15 is 0 Å². The van der Waals surface area contributed by atoms with Gasteiger partial charge in [0, 0.05) is 52.4 Å². The summed E-state index contributed by atoms with van der Waals surface area (Å²) in [5.41, 5.74) is 1.87. The van der Waals surface area contributed by atoms with E-state index in [1.165, 1.54) is 0 Å². The van der Waals surface area contributed by atoms with Crippen molar-refractivity contribution in [2.45, 2.75) is 38.3 Å². The summed E-state index contributed by atoms with van der Waals surface area (Å²) in [5.74, 6) is 0.851. The summed E-state index contributed by atoms with van der Waals surface area (Å²) in [6.07, 6.45) is 3.58. The second-order valence-corrected chi connectivity index (χ2v) is 7.09. The van der Waals surface area contributed by atoms with Gasteiger partial charge in [0.2, 0.25) is 5.91 Å². The minimum atomic E-state index is 0.306. The highest BCUT2D eigenvalue weighted by Gasteiger charge is 2.38. The van der Waals surface area contributed by atoms with E-state index in [4.69, 9.17) is 4.74 Å². The van der Waals surface area contributed by atoms with Gasteiger partial charge in [-0.25, -0.2) is 0 Å². The molecule has 1 aromatic carbocycles. The minimum absolute atomic E-state index is 0.306. The van der Waals surface area contributed by atoms with Crippen molar-refractivity contribution in [1.29, 1.82) is 5.26 Å². The molecule has 0 saturated carbocycles. The van der Waals surface area contributed by atoms with E-state index in [2.05, 4.69) is 15.9 Å². The van der Waals surface area contributed by atoms with Gasteiger partial charge >= 0.3 is 0 Å². The topological polar surface area (TPSA) is 56.6 Å². The van der Waals surface area contributed by atoms with Crippen LogP contribution in [-0.4, -0.2) is 55.1 Å². The first-order valence-corrected chi connectivity index (χ1v) is 9.21. The third-order valence-corrected chi connectivity index (χ3v) is 5.51. The van der Waals surface area contributed by atoms with Crippen LogP contribution in [0.2, 0.25) is 0 Å². The van der Waals surface area contributed by atoms with Crippen LogP contribution < -0.4 is 0 Å². The molecule has 0 radical (unpaired) electrons. The number of carbonyl (C=O) groups is 1. The Kier molecular flexibility index (Phi) is 6.06. The average molecular weight is 341 g/mol. The largest absolute Gasteiger partial charge is 0.385 e. The summed E-state index contributed by atoms with van der Waals surface area (Å²) in [7, 11) is 1.71. The molecule has 25 heavy (non-hydrogen) atoms. The number of rotatable bonds is 6. The van der Waals surface area contributed by atoms with Gasteiger partial charge in [-0.2, -0.15) is 5.26 Å². The zero-order valence-corrected chi connectivity index (χ0v) is 15.0. The van der Waals surface area contributed by atoms with E-state index < -0.39 is 0 Å². The number of benzene rings is 1. The van der Waals surface area contributed by atoms with Crippen LogP contribution in [0.3, 0.4) is 0 Å². The van der Waals surface area contributed by atoms with Crippen molar-refractivity contribution >= 4 is 5.91 Å². The van der Waals surface area contributed by atoms with Gasteiger partial charge in [0.05, 0.1) is 11.6 Å². The summed E-state index contributed by atoms with van der Waals surface area (Å²) in [5, 5.41) is 9.28. The van der Waals surface area contributed by atoms with Crippen molar-refractivity contribution in [2.75, 3.05) is 33.4 Å². The van der Waals surface area contributed by atoms with Gasteiger partial charge in [0.25, 0.3) is 0 Å². The van der Waals surface area contributed by atoms with Gasteiger partial charge in [-0.3, -0.25) is 9.69 Å². The number of hydrogen-bond donors (Lipinski definition) is 0. The van der Waals surface area contributed by atoms with Crippen LogP contribution >= 0.6 is 0 Å². The Morgan fingerprint density at radius 1 is 1.32 bits per heavy atom. The molecule has 2 atom stereocenters. The summed E-state index contributed by atoms with van der Waals surface area (Å²) in [4.78, 5) is 16.9. The van der Waals surface area contributed by atoms with Crippen molar-refractivity contribution in [2.24, 2.45) is 5.92 Å². The van der Waals surface area contributed by atoms with Gasteiger partial charge in [0.15, 0.2) is 0 Å². The predicted octanol–water partition coefficient (Wildman–Crippen LogP) is 2.41. The van der Waals surface area contributed by atoms with Gasteiger partial charge in [-0.15, -0.1) is 0 Å². The monoisotopic (exact) mass is 341 g/mol. The normalized spacial score (nSPS) is 24.0. The van der Waals surface area contributed by atoms with Gasteiger partial charge in [0.1, 0.15) is 0 Å². The lowest BCUT2D eigenvalue weighted by molar-refractivity contribution is -0.141.